The van der Waals surface area contributed by atoms with Gasteiger partial charge in [-0.15, -0.1) is 0 Å². The minimum Gasteiger partial charge on any atom is -0.686 e. The van der Waals surface area contributed by atoms with Gasteiger partial charge in [0.05, 0.1) is 0 Å². The summed E-state index contributed by atoms with van der Waals surface area (Å²) in [6.07, 6.45) is 3.57. The molecule has 2 rings (SSSR count). The maximum atomic E-state index is 4.94. The van der Waals surface area contributed by atoms with Crippen LogP contribution in [-0.2, 0) is 12.8 Å². The fourth-order valence-electron chi connectivity index (χ4n) is 0.942. The summed E-state index contributed by atoms with van der Waals surface area (Å²) in [6.45, 7) is 0. The van der Waals surface area contributed by atoms with E-state index in [0.29, 0.717) is 0 Å². The molecule has 3 heteroatoms. The van der Waals surface area contributed by atoms with Crippen LogP contribution in [0, 0.1) is 0 Å². The van der Waals surface area contributed by atoms with Gasteiger partial charge < -0.3 is 16.8 Å². The molecule has 0 unspecified atom stereocenters. The first-order valence-electron chi connectivity index (χ1n) is 2.97. The Morgan fingerprint density at radius 1 is 1.40 bits per heavy atom. The molecular formula is C7H5N2S-. The minimum absolute atomic E-state index is 0.859. The lowest BCUT2D eigenvalue weighted by Gasteiger charge is -2.05. The molecule has 0 aliphatic rings. The normalized spacial score (nSPS) is 10.4. The number of rotatable bonds is 0. The van der Waals surface area contributed by atoms with Crippen LogP contribution in [0.2, 0.25) is 0 Å². The fraction of sp³-hybridized carbons (Fsp3) is 0. The lowest BCUT2D eigenvalue weighted by molar-refractivity contribution is 1.27. The molecule has 0 aromatic carbocycles. The first-order valence-corrected chi connectivity index (χ1v) is 3.34. The van der Waals surface area contributed by atoms with Gasteiger partial charge in [-0.2, -0.15) is 0 Å². The number of nitrogens with zero attached hydrogens (tertiary/aromatic N) is 2. The maximum absolute atomic E-state index is 4.94. The van der Waals surface area contributed by atoms with Crippen molar-refractivity contribution in [1.82, 2.24) is 8.96 Å². The second-order valence-electron chi connectivity index (χ2n) is 2.06. The van der Waals surface area contributed by atoms with Crippen LogP contribution in [0.15, 0.2) is 30.6 Å². The number of pyridine rings is 1. The summed E-state index contributed by atoms with van der Waals surface area (Å²) in [5.74, 6) is 0. The van der Waals surface area contributed by atoms with Crippen molar-refractivity contribution in [2.45, 2.75) is 0 Å². The molecule has 2 nitrogen and oxygen atoms in total. The Labute approximate surface area is 64.0 Å². The van der Waals surface area contributed by atoms with Gasteiger partial charge in [0.25, 0.3) is 0 Å². The molecule has 0 aliphatic heterocycles. The Bertz CT molecular complexity index is 353. The number of aromatic nitrogens is 2. The van der Waals surface area contributed by atoms with Crippen molar-refractivity contribution in [3.8, 4) is 0 Å². The largest absolute Gasteiger partial charge is 0.686 e. The Morgan fingerprint density at radius 2 is 2.30 bits per heavy atom. The zero-order chi connectivity index (χ0) is 6.97. The van der Waals surface area contributed by atoms with E-state index in [-0.39, 0.29) is 0 Å². The molecule has 0 N–H and O–H groups in total. The van der Waals surface area contributed by atoms with Gasteiger partial charge in [0.2, 0.25) is 0 Å². The van der Waals surface area contributed by atoms with E-state index in [0.717, 1.165) is 11.0 Å². The zero-order valence-corrected chi connectivity index (χ0v) is 6.01. The monoisotopic (exact) mass is 149 g/mol. The van der Waals surface area contributed by atoms with Crippen LogP contribution >= 0.6 is 0 Å². The highest BCUT2D eigenvalue weighted by Gasteiger charge is 1.90. The van der Waals surface area contributed by atoms with Crippen LogP contribution in [0.3, 0.4) is 0 Å². The second-order valence-corrected chi connectivity index (χ2v) is 2.45. The molecule has 0 bridgehead atoms. The van der Waals surface area contributed by atoms with Gasteiger partial charge in [0.1, 0.15) is 5.65 Å². The SMILES string of the molecule is [S-]n1ccc2cccnc21. The van der Waals surface area contributed by atoms with Crippen LogP contribution in [0.4, 0.5) is 0 Å². The fourth-order valence-corrected chi connectivity index (χ4v) is 1.16. The van der Waals surface area contributed by atoms with E-state index in [2.05, 4.69) is 4.98 Å². The standard InChI is InChI=1S/C7H5N2S/c10-9-5-3-6-2-1-4-8-7(6)9/h1-5H/q-1. The van der Waals surface area contributed by atoms with Crippen LogP contribution < -0.4 is 0 Å². The van der Waals surface area contributed by atoms with Crippen LogP contribution in [0.1, 0.15) is 0 Å². The molecule has 0 fully saturated rings. The topological polar surface area (TPSA) is 17.8 Å². The number of hydrogen-bond acceptors (Lipinski definition) is 2. The van der Waals surface area contributed by atoms with Gasteiger partial charge in [-0.25, -0.2) is 4.98 Å². The predicted molar refractivity (Wildman–Crippen MR) is 42.5 cm³/mol. The van der Waals surface area contributed by atoms with Gasteiger partial charge in [-0.1, -0.05) is 0 Å². The summed E-state index contributed by atoms with van der Waals surface area (Å²) < 4.78 is 1.59. The van der Waals surface area contributed by atoms with Crippen molar-refractivity contribution in [2.75, 3.05) is 0 Å². The minimum atomic E-state index is 0.859. The molecule has 50 valence electrons. The Hall–Kier alpha value is -1.09. The molecule has 2 aromatic heterocycles. The second kappa shape index (κ2) is 1.95. The molecule has 0 spiro atoms. The van der Waals surface area contributed by atoms with Crippen molar-refractivity contribution >= 4 is 23.8 Å². The van der Waals surface area contributed by atoms with E-state index in [1.54, 1.807) is 10.2 Å². The van der Waals surface area contributed by atoms with E-state index >= 15 is 0 Å². The van der Waals surface area contributed by atoms with Crippen molar-refractivity contribution in [1.29, 1.82) is 0 Å². The molecule has 2 heterocycles. The summed E-state index contributed by atoms with van der Waals surface area (Å²) in [5, 5.41) is 1.09. The molecule has 0 amide bonds. The van der Waals surface area contributed by atoms with Gasteiger partial charge in [0, 0.05) is 11.6 Å². The summed E-state index contributed by atoms with van der Waals surface area (Å²) in [7, 11) is 0. The summed E-state index contributed by atoms with van der Waals surface area (Å²) in [4.78, 5) is 4.10. The van der Waals surface area contributed by atoms with Gasteiger partial charge in [-0.05, 0) is 24.4 Å². The van der Waals surface area contributed by atoms with Gasteiger partial charge in [0.15, 0.2) is 0 Å². The molecule has 0 aliphatic carbocycles. The van der Waals surface area contributed by atoms with Crippen LogP contribution in [0.5, 0.6) is 0 Å². The number of fused-ring (bicyclic) bond motifs is 1. The Balaban J connectivity index is 2.93. The highest BCUT2D eigenvalue weighted by Crippen LogP contribution is 2.09. The van der Waals surface area contributed by atoms with E-state index in [1.165, 1.54) is 0 Å². The molecule has 10 heavy (non-hydrogen) atoms. The lowest BCUT2D eigenvalue weighted by Crippen LogP contribution is -1.83. The molecule has 0 saturated carbocycles. The smallest absolute Gasteiger partial charge is 0.120 e. The molecule has 0 atom stereocenters. The van der Waals surface area contributed by atoms with Crippen molar-refractivity contribution in [2.24, 2.45) is 0 Å². The summed E-state index contributed by atoms with van der Waals surface area (Å²) >= 11 is 4.94. The van der Waals surface area contributed by atoms with E-state index in [4.69, 9.17) is 12.8 Å². The third-order valence-electron chi connectivity index (χ3n) is 1.42. The summed E-state index contributed by atoms with van der Waals surface area (Å²) in [6, 6.07) is 5.85. The average Bonchev–Trinajstić information content (AvgIpc) is 2.34. The molecule has 2 aromatic rings. The number of hydrogen-bond donors (Lipinski definition) is 0. The molecule has 0 radical (unpaired) electrons. The van der Waals surface area contributed by atoms with Crippen molar-refractivity contribution in [3.63, 3.8) is 0 Å². The Morgan fingerprint density at radius 3 is 3.10 bits per heavy atom. The van der Waals surface area contributed by atoms with Gasteiger partial charge in [-0.3, -0.25) is 0 Å². The van der Waals surface area contributed by atoms with Crippen LogP contribution in [-0.4, -0.2) is 8.96 Å². The lowest BCUT2D eigenvalue weighted by atomic mass is 10.3. The maximum Gasteiger partial charge on any atom is 0.120 e. The van der Waals surface area contributed by atoms with E-state index in [9.17, 15) is 0 Å². The third kappa shape index (κ3) is 0.675. The first kappa shape index (κ1) is 5.68. The van der Waals surface area contributed by atoms with Crippen molar-refractivity contribution in [3.05, 3.63) is 30.6 Å². The molecular weight excluding hydrogens is 144 g/mol. The van der Waals surface area contributed by atoms with Crippen molar-refractivity contribution < 1.29 is 0 Å². The zero-order valence-electron chi connectivity index (χ0n) is 5.19. The summed E-state index contributed by atoms with van der Waals surface area (Å²) in [5.41, 5.74) is 0.859. The van der Waals surface area contributed by atoms with Gasteiger partial charge >= 0.3 is 0 Å². The van der Waals surface area contributed by atoms with E-state index < -0.39 is 0 Å². The average molecular weight is 149 g/mol. The quantitative estimate of drug-likeness (QED) is 0.526. The third-order valence-corrected chi connectivity index (χ3v) is 1.71. The van der Waals surface area contributed by atoms with E-state index in [1.807, 2.05) is 24.4 Å². The first-order chi connectivity index (χ1) is 4.88. The highest BCUT2D eigenvalue weighted by atomic mass is 32.1. The highest BCUT2D eigenvalue weighted by molar-refractivity contribution is 7.57. The predicted octanol–water partition coefficient (Wildman–Crippen LogP) is 1.35. The molecule has 0 saturated heterocycles. The Kier molecular flexibility index (Phi) is 1.11. The van der Waals surface area contributed by atoms with Crippen LogP contribution in [0.25, 0.3) is 11.0 Å².